The van der Waals surface area contributed by atoms with Gasteiger partial charge >= 0.3 is 0 Å². The number of hydrogen-bond donors (Lipinski definition) is 2. The maximum Gasteiger partial charge on any atom is 0.270 e. The van der Waals surface area contributed by atoms with E-state index in [4.69, 9.17) is 0 Å². The minimum Gasteiger partial charge on any atom is -0.358 e. The highest BCUT2D eigenvalue weighted by atomic mass is 16.2. The van der Waals surface area contributed by atoms with E-state index < -0.39 is 0 Å². The van der Waals surface area contributed by atoms with E-state index in [1.165, 1.54) is 6.42 Å². The van der Waals surface area contributed by atoms with Crippen LogP contribution in [0.3, 0.4) is 0 Å². The van der Waals surface area contributed by atoms with Crippen molar-refractivity contribution in [3.8, 4) is 0 Å². The predicted molar refractivity (Wildman–Crippen MR) is 140 cm³/mol. The number of pyridine rings is 2. The number of aryl methyl sites for hydroxylation is 1. The van der Waals surface area contributed by atoms with Crippen LogP contribution in [0.2, 0.25) is 0 Å². The van der Waals surface area contributed by atoms with Crippen LogP contribution in [0.5, 0.6) is 0 Å². The van der Waals surface area contributed by atoms with Gasteiger partial charge in [0.15, 0.2) is 0 Å². The van der Waals surface area contributed by atoms with E-state index in [2.05, 4.69) is 30.4 Å². The summed E-state index contributed by atoms with van der Waals surface area (Å²) in [5, 5.41) is 6.78. The van der Waals surface area contributed by atoms with Crippen molar-refractivity contribution in [1.29, 1.82) is 0 Å². The van der Waals surface area contributed by atoms with Crippen LogP contribution in [0.15, 0.2) is 36.4 Å². The standard InChI is InChI=1S/C28H38N6O2/c1-19-7-5-8-22(29-19)25(35)31-27-14-20-13-21(15-27)17-28(16-20,18-27)32-26(36)23-9-6-10-24(30-23)34(4)12-11-33(2)3/h5-10,20-21H,11-18H2,1-4H3,(H,31,35)(H,32,36). The number of carbonyl (C=O) groups is 2. The first-order chi connectivity index (χ1) is 17.1. The summed E-state index contributed by atoms with van der Waals surface area (Å²) in [5.41, 5.74) is 1.15. The van der Waals surface area contributed by atoms with Gasteiger partial charge in [-0.3, -0.25) is 9.59 Å². The number of carbonyl (C=O) groups excluding carboxylic acids is 2. The van der Waals surface area contributed by atoms with E-state index in [9.17, 15) is 9.59 Å². The van der Waals surface area contributed by atoms with Crippen molar-refractivity contribution in [1.82, 2.24) is 25.5 Å². The molecule has 0 radical (unpaired) electrons. The molecule has 0 aliphatic heterocycles. The molecule has 4 bridgehead atoms. The third-order valence-corrected chi connectivity index (χ3v) is 8.18. The van der Waals surface area contributed by atoms with E-state index in [1.54, 1.807) is 12.1 Å². The molecule has 4 aliphatic rings. The van der Waals surface area contributed by atoms with Crippen molar-refractivity contribution in [2.24, 2.45) is 11.8 Å². The second kappa shape index (κ2) is 9.47. The lowest BCUT2D eigenvalue weighted by molar-refractivity contribution is -0.0449. The van der Waals surface area contributed by atoms with Gasteiger partial charge in [-0.25, -0.2) is 9.97 Å². The Labute approximate surface area is 213 Å². The van der Waals surface area contributed by atoms with Gasteiger partial charge in [0, 0.05) is 36.9 Å². The van der Waals surface area contributed by atoms with Crippen LogP contribution in [-0.2, 0) is 0 Å². The Kier molecular flexibility index (Phi) is 6.49. The molecule has 8 nitrogen and oxygen atoms in total. The summed E-state index contributed by atoms with van der Waals surface area (Å²) in [6.45, 7) is 3.64. The van der Waals surface area contributed by atoms with Gasteiger partial charge < -0.3 is 20.4 Å². The molecule has 2 amide bonds. The molecule has 2 aromatic rings. The Morgan fingerprint density at radius 1 is 0.861 bits per heavy atom. The summed E-state index contributed by atoms with van der Waals surface area (Å²) >= 11 is 0. The molecule has 0 aromatic carbocycles. The summed E-state index contributed by atoms with van der Waals surface area (Å²) in [5.74, 6) is 1.57. The lowest BCUT2D eigenvalue weighted by Crippen LogP contribution is -2.70. The van der Waals surface area contributed by atoms with Crippen LogP contribution in [0.1, 0.15) is 65.2 Å². The SMILES string of the molecule is Cc1cccc(C(=O)NC23CC4CC(C2)CC(NC(=O)c2cccc(N(C)CCN(C)C)n2)(C4)C3)n1. The van der Waals surface area contributed by atoms with Gasteiger partial charge in [-0.2, -0.15) is 0 Å². The number of likely N-dealkylation sites (N-methyl/N-ethyl adjacent to an activating group) is 2. The van der Waals surface area contributed by atoms with Crippen molar-refractivity contribution in [3.05, 3.63) is 53.5 Å². The first-order valence-electron chi connectivity index (χ1n) is 13.1. The zero-order chi connectivity index (χ0) is 25.5. The minimum atomic E-state index is -0.303. The molecule has 6 rings (SSSR count). The van der Waals surface area contributed by atoms with Gasteiger partial charge in [-0.1, -0.05) is 12.1 Å². The lowest BCUT2D eigenvalue weighted by atomic mass is 9.49. The predicted octanol–water partition coefficient (Wildman–Crippen LogP) is 3.03. The molecule has 0 spiro atoms. The van der Waals surface area contributed by atoms with Crippen molar-refractivity contribution < 1.29 is 9.59 Å². The van der Waals surface area contributed by atoms with Crippen molar-refractivity contribution >= 4 is 17.6 Å². The number of hydrogen-bond acceptors (Lipinski definition) is 6. The Morgan fingerprint density at radius 3 is 1.97 bits per heavy atom. The highest BCUT2D eigenvalue weighted by Crippen LogP contribution is 2.57. The zero-order valence-corrected chi connectivity index (χ0v) is 21.9. The van der Waals surface area contributed by atoms with Crippen molar-refractivity contribution in [2.45, 2.75) is 56.5 Å². The molecular formula is C28H38N6O2. The van der Waals surface area contributed by atoms with E-state index >= 15 is 0 Å². The van der Waals surface area contributed by atoms with Crippen LogP contribution in [-0.4, -0.2) is 72.0 Å². The molecule has 4 aliphatic carbocycles. The number of aromatic nitrogens is 2. The Hall–Kier alpha value is -3.00. The fourth-order valence-corrected chi connectivity index (χ4v) is 7.06. The molecule has 2 atom stereocenters. The van der Waals surface area contributed by atoms with E-state index in [0.29, 0.717) is 23.2 Å². The molecule has 4 saturated carbocycles. The molecule has 2 aromatic heterocycles. The van der Waals surface area contributed by atoms with Gasteiger partial charge in [0.05, 0.1) is 0 Å². The first-order valence-corrected chi connectivity index (χ1v) is 13.1. The summed E-state index contributed by atoms with van der Waals surface area (Å²) < 4.78 is 0. The quantitative estimate of drug-likeness (QED) is 0.591. The van der Waals surface area contributed by atoms with Gasteiger partial charge in [-0.05, 0) is 95.6 Å². The highest BCUT2D eigenvalue weighted by Gasteiger charge is 2.58. The van der Waals surface area contributed by atoms with E-state index in [1.807, 2.05) is 52.3 Å². The maximum absolute atomic E-state index is 13.5. The van der Waals surface area contributed by atoms with E-state index in [0.717, 1.165) is 56.7 Å². The van der Waals surface area contributed by atoms with Crippen molar-refractivity contribution in [3.63, 3.8) is 0 Å². The smallest absolute Gasteiger partial charge is 0.270 e. The molecule has 192 valence electrons. The number of nitrogens with one attached hydrogen (secondary N) is 2. The van der Waals surface area contributed by atoms with E-state index in [-0.39, 0.29) is 22.9 Å². The molecule has 4 fully saturated rings. The van der Waals surface area contributed by atoms with Gasteiger partial charge in [0.2, 0.25) is 0 Å². The van der Waals surface area contributed by atoms with Gasteiger partial charge in [0.1, 0.15) is 17.2 Å². The Morgan fingerprint density at radius 2 is 1.42 bits per heavy atom. The molecule has 2 N–H and O–H groups in total. The maximum atomic E-state index is 13.5. The summed E-state index contributed by atoms with van der Waals surface area (Å²) in [7, 11) is 6.09. The van der Waals surface area contributed by atoms with Gasteiger partial charge in [0.25, 0.3) is 11.8 Å². The molecule has 0 saturated heterocycles. The normalized spacial score (nSPS) is 28.2. The summed E-state index contributed by atoms with van der Waals surface area (Å²) in [4.78, 5) is 39.9. The fourth-order valence-electron chi connectivity index (χ4n) is 7.06. The highest BCUT2D eigenvalue weighted by molar-refractivity contribution is 5.94. The van der Waals surface area contributed by atoms with Crippen LogP contribution in [0.25, 0.3) is 0 Å². The Balaban J connectivity index is 1.31. The second-order valence-electron chi connectivity index (χ2n) is 11.7. The molecule has 2 unspecified atom stereocenters. The number of amides is 2. The lowest BCUT2D eigenvalue weighted by Gasteiger charge is -2.62. The van der Waals surface area contributed by atoms with Crippen LogP contribution in [0.4, 0.5) is 5.82 Å². The molecular weight excluding hydrogens is 452 g/mol. The summed E-state index contributed by atoms with van der Waals surface area (Å²) in [6.07, 6.45) is 5.84. The second-order valence-corrected chi connectivity index (χ2v) is 11.7. The van der Waals surface area contributed by atoms with Gasteiger partial charge in [-0.15, -0.1) is 0 Å². The summed E-state index contributed by atoms with van der Waals surface area (Å²) in [6, 6.07) is 11.2. The first kappa shape index (κ1) is 24.7. The third-order valence-electron chi connectivity index (χ3n) is 8.18. The van der Waals surface area contributed by atoms with Crippen LogP contribution >= 0.6 is 0 Å². The number of anilines is 1. The third kappa shape index (κ3) is 5.09. The van der Waals surface area contributed by atoms with Crippen LogP contribution < -0.4 is 15.5 Å². The van der Waals surface area contributed by atoms with Crippen molar-refractivity contribution in [2.75, 3.05) is 39.1 Å². The number of rotatable bonds is 8. The molecule has 2 heterocycles. The minimum absolute atomic E-state index is 0.114. The Bertz CT molecular complexity index is 1130. The number of nitrogens with zero attached hydrogens (tertiary/aromatic N) is 4. The zero-order valence-electron chi connectivity index (χ0n) is 21.9. The molecule has 36 heavy (non-hydrogen) atoms. The average Bonchev–Trinajstić information content (AvgIpc) is 2.81. The fraction of sp³-hybridized carbons (Fsp3) is 0.571. The van der Waals surface area contributed by atoms with Crippen LogP contribution in [0, 0.1) is 18.8 Å². The largest absolute Gasteiger partial charge is 0.358 e. The monoisotopic (exact) mass is 490 g/mol. The molecule has 8 heteroatoms. The topological polar surface area (TPSA) is 90.5 Å². The average molecular weight is 491 g/mol.